The van der Waals surface area contributed by atoms with Crippen molar-refractivity contribution in [2.45, 2.75) is 44.2 Å². The first-order chi connectivity index (χ1) is 22.4. The molecular formula is C33H38N10O2S. The molecule has 4 aliphatic rings. The maximum Gasteiger partial charge on any atom is 0.223 e. The summed E-state index contributed by atoms with van der Waals surface area (Å²) in [5.74, 6) is 1.24. The fourth-order valence-electron chi connectivity index (χ4n) is 7.55. The number of amides is 1. The summed E-state index contributed by atoms with van der Waals surface area (Å²) in [7, 11) is 2.13. The smallest absolute Gasteiger partial charge is 0.223 e. The van der Waals surface area contributed by atoms with Crippen LogP contribution in [0.5, 0.6) is 0 Å². The highest BCUT2D eigenvalue weighted by Crippen LogP contribution is 2.42. The van der Waals surface area contributed by atoms with E-state index in [2.05, 4.69) is 55.8 Å². The van der Waals surface area contributed by atoms with Gasteiger partial charge in [0.2, 0.25) is 11.0 Å². The van der Waals surface area contributed by atoms with Crippen molar-refractivity contribution < 1.29 is 9.53 Å². The normalized spacial score (nSPS) is 24.5. The van der Waals surface area contributed by atoms with Crippen molar-refractivity contribution in [3.63, 3.8) is 0 Å². The fraction of sp³-hybridized carbons (Fsp3) is 0.515. The molecule has 0 spiro atoms. The number of hydrogen-bond donors (Lipinski definition) is 2. The number of carbonyl (C=O) groups excluding carboxylic acids is 1. The maximum absolute atomic E-state index is 13.2. The number of nitrogens with one attached hydrogen (secondary N) is 2. The number of fused-ring (bicyclic) bond motifs is 3. The second kappa shape index (κ2) is 11.6. The van der Waals surface area contributed by atoms with Crippen LogP contribution in [0.25, 0.3) is 27.5 Å². The van der Waals surface area contributed by atoms with E-state index in [1.165, 1.54) is 0 Å². The Labute approximate surface area is 271 Å². The van der Waals surface area contributed by atoms with Crippen LogP contribution in [0.1, 0.15) is 38.2 Å². The molecule has 4 fully saturated rings. The minimum atomic E-state index is -0.193. The lowest BCUT2D eigenvalue weighted by molar-refractivity contribution is -0.127. The molecule has 4 aromatic heterocycles. The third kappa shape index (κ3) is 5.38. The van der Waals surface area contributed by atoms with Crippen LogP contribution in [0.4, 0.5) is 10.8 Å². The molecule has 0 aromatic carbocycles. The van der Waals surface area contributed by atoms with Crippen LogP contribution < -0.4 is 15.5 Å². The van der Waals surface area contributed by atoms with Crippen molar-refractivity contribution >= 4 is 33.6 Å². The lowest BCUT2D eigenvalue weighted by atomic mass is 9.90. The Morgan fingerprint density at radius 1 is 1.09 bits per heavy atom. The van der Waals surface area contributed by atoms with Crippen LogP contribution >= 0.6 is 11.3 Å². The number of nitrogens with zero attached hydrogens (tertiary/aromatic N) is 8. The summed E-state index contributed by atoms with van der Waals surface area (Å²) >= 11 is 1.59. The van der Waals surface area contributed by atoms with E-state index < -0.39 is 0 Å². The molecule has 3 atom stereocenters. The van der Waals surface area contributed by atoms with Gasteiger partial charge in [0.05, 0.1) is 53.0 Å². The number of hydrogen-bond acceptors (Lipinski definition) is 11. The van der Waals surface area contributed by atoms with Crippen LogP contribution in [0.15, 0.2) is 36.7 Å². The zero-order valence-electron chi connectivity index (χ0n) is 26.1. The van der Waals surface area contributed by atoms with E-state index >= 15 is 0 Å². The van der Waals surface area contributed by atoms with Crippen LogP contribution in [0.3, 0.4) is 0 Å². The Bertz CT molecular complexity index is 1800. The number of aromatic nitrogens is 5. The predicted molar refractivity (Wildman–Crippen MR) is 175 cm³/mol. The van der Waals surface area contributed by atoms with Crippen molar-refractivity contribution in [3.05, 3.63) is 42.2 Å². The van der Waals surface area contributed by atoms with Crippen molar-refractivity contribution in [2.24, 2.45) is 17.8 Å². The van der Waals surface area contributed by atoms with Gasteiger partial charge in [-0.05, 0) is 88.8 Å². The molecule has 1 aliphatic carbocycles. The molecule has 7 heterocycles. The lowest BCUT2D eigenvalue weighted by Gasteiger charge is -2.40. The summed E-state index contributed by atoms with van der Waals surface area (Å²) in [4.78, 5) is 22.7. The number of pyridine rings is 1. The number of likely N-dealkylation sites (tertiary alicyclic amines) is 1. The first-order valence-electron chi connectivity index (χ1n) is 16.2. The van der Waals surface area contributed by atoms with Gasteiger partial charge in [-0.25, -0.2) is 4.52 Å². The Balaban J connectivity index is 1.02. The summed E-state index contributed by atoms with van der Waals surface area (Å²) in [6, 6.07) is 10.2. The molecule has 2 N–H and O–H groups in total. The molecule has 3 aliphatic heterocycles. The minimum absolute atomic E-state index is 0.139. The van der Waals surface area contributed by atoms with Gasteiger partial charge in [0.15, 0.2) is 5.01 Å². The fourth-order valence-corrected chi connectivity index (χ4v) is 8.44. The van der Waals surface area contributed by atoms with Crippen LogP contribution in [0.2, 0.25) is 0 Å². The van der Waals surface area contributed by atoms with E-state index in [1.807, 2.05) is 30.5 Å². The highest BCUT2D eigenvalue weighted by molar-refractivity contribution is 7.18. The van der Waals surface area contributed by atoms with Crippen LogP contribution in [-0.4, -0.2) is 93.6 Å². The van der Waals surface area contributed by atoms with Crippen molar-refractivity contribution in [3.8, 4) is 28.0 Å². The number of rotatable bonds is 7. The zero-order chi connectivity index (χ0) is 31.4. The van der Waals surface area contributed by atoms with Gasteiger partial charge in [0.1, 0.15) is 6.07 Å². The highest BCUT2D eigenvalue weighted by atomic mass is 32.1. The SMILES string of the molecule is CN1CCC(C(=O)NC2[C@@H]3CC[C@H]2CN(c2nnc(-c4cnc(-c5ccc6cc(C#N)cnn56)cc4NC4(C)COC4)s2)C3)CC1. The minimum Gasteiger partial charge on any atom is -0.376 e. The predicted octanol–water partition coefficient (Wildman–Crippen LogP) is 3.66. The number of nitriles is 1. The highest BCUT2D eigenvalue weighted by Gasteiger charge is 2.44. The monoisotopic (exact) mass is 638 g/mol. The van der Waals surface area contributed by atoms with Crippen molar-refractivity contribution in [2.75, 3.05) is 56.7 Å². The second-order valence-corrected chi connectivity index (χ2v) is 14.7. The molecule has 4 aromatic rings. The van der Waals surface area contributed by atoms with Crippen molar-refractivity contribution in [1.82, 2.24) is 35.0 Å². The summed E-state index contributed by atoms with van der Waals surface area (Å²) in [5.41, 5.74) is 4.56. The third-order valence-electron chi connectivity index (χ3n) is 10.2. The number of carbonyl (C=O) groups is 1. The van der Waals surface area contributed by atoms with Crippen LogP contribution in [-0.2, 0) is 9.53 Å². The van der Waals surface area contributed by atoms with Gasteiger partial charge in [-0.3, -0.25) is 9.78 Å². The van der Waals surface area contributed by atoms with Crippen LogP contribution in [0, 0.1) is 29.1 Å². The molecule has 13 heteroatoms. The summed E-state index contributed by atoms with van der Waals surface area (Å²) in [6.45, 7) is 7.13. The molecule has 238 valence electrons. The van der Waals surface area contributed by atoms with E-state index in [0.717, 1.165) is 90.2 Å². The average Bonchev–Trinajstić information content (AvgIpc) is 3.76. The zero-order valence-corrected chi connectivity index (χ0v) is 27.0. The first-order valence-corrected chi connectivity index (χ1v) is 17.0. The topological polar surface area (TPSA) is 137 Å². The second-order valence-electron chi connectivity index (χ2n) is 13.7. The molecule has 3 saturated heterocycles. The summed E-state index contributed by atoms with van der Waals surface area (Å²) < 4.78 is 7.34. The number of ether oxygens (including phenoxy) is 1. The van der Waals surface area contributed by atoms with Gasteiger partial charge < -0.3 is 25.2 Å². The van der Waals surface area contributed by atoms with Gasteiger partial charge in [0, 0.05) is 36.9 Å². The van der Waals surface area contributed by atoms with E-state index in [1.54, 1.807) is 22.0 Å². The Morgan fingerprint density at radius 3 is 2.59 bits per heavy atom. The molecule has 8 rings (SSSR count). The quantitative estimate of drug-likeness (QED) is 0.309. The molecule has 46 heavy (non-hydrogen) atoms. The van der Waals surface area contributed by atoms with Crippen molar-refractivity contribution in [1.29, 1.82) is 5.26 Å². The van der Waals surface area contributed by atoms with E-state index in [-0.39, 0.29) is 23.4 Å². The summed E-state index contributed by atoms with van der Waals surface area (Å²) in [5, 5.41) is 32.0. The first kappa shape index (κ1) is 29.3. The molecule has 2 bridgehead atoms. The number of anilines is 2. The molecule has 1 saturated carbocycles. The number of piperidine rings is 2. The third-order valence-corrected chi connectivity index (χ3v) is 11.2. The lowest BCUT2D eigenvalue weighted by Crippen LogP contribution is -2.54. The summed E-state index contributed by atoms with van der Waals surface area (Å²) in [6.07, 6.45) is 7.59. The molecule has 1 amide bonds. The van der Waals surface area contributed by atoms with E-state index in [0.29, 0.717) is 30.6 Å². The Hall–Kier alpha value is -4.12. The van der Waals surface area contributed by atoms with E-state index in [9.17, 15) is 10.1 Å². The van der Waals surface area contributed by atoms with Gasteiger partial charge in [-0.15, -0.1) is 10.2 Å². The van der Waals surface area contributed by atoms with E-state index in [4.69, 9.17) is 9.72 Å². The Morgan fingerprint density at radius 2 is 1.87 bits per heavy atom. The van der Waals surface area contributed by atoms with Gasteiger partial charge in [-0.1, -0.05) is 11.3 Å². The molecule has 1 unspecified atom stereocenters. The van der Waals surface area contributed by atoms with Gasteiger partial charge >= 0.3 is 0 Å². The average molecular weight is 639 g/mol. The molecular weight excluding hydrogens is 600 g/mol. The van der Waals surface area contributed by atoms with Gasteiger partial charge in [-0.2, -0.15) is 10.4 Å². The molecule has 0 radical (unpaired) electrons. The standard InChI is InChI=1S/C33H38N10O2S/c1-33(18-45-19-33)38-26-12-27(28-6-5-24-11-20(13-34)14-36-43(24)28)35-15-25(26)31-39-40-32(46-31)42-16-22-3-4-23(17-42)29(22)37-30(44)21-7-9-41(2)10-8-21/h5-6,11-12,14-15,21-23,29H,3-4,7-10,16-19H2,1-2H3,(H,35,38)(H,37,44)/t22-,23+,29?. The maximum atomic E-state index is 13.2. The Kier molecular flexibility index (Phi) is 7.38. The largest absolute Gasteiger partial charge is 0.376 e. The van der Waals surface area contributed by atoms with Gasteiger partial charge in [0.25, 0.3) is 0 Å². The molecule has 12 nitrogen and oxygen atoms in total.